The fourth-order valence-corrected chi connectivity index (χ4v) is 2.43. The number of hydrogen-bond acceptors (Lipinski definition) is 4. The van der Waals surface area contributed by atoms with Crippen LogP contribution in [-0.4, -0.2) is 20.9 Å². The van der Waals surface area contributed by atoms with E-state index in [9.17, 15) is 13.2 Å². The van der Waals surface area contributed by atoms with Gasteiger partial charge in [-0.3, -0.25) is 4.79 Å². The Hall–Kier alpha value is -2.38. The van der Waals surface area contributed by atoms with Gasteiger partial charge in [-0.25, -0.2) is 13.6 Å². The molecule has 0 aromatic heterocycles. The van der Waals surface area contributed by atoms with Gasteiger partial charge >= 0.3 is 0 Å². The van der Waals surface area contributed by atoms with Crippen molar-refractivity contribution in [2.75, 3.05) is 11.9 Å². The lowest BCUT2D eigenvalue weighted by atomic mass is 10.2. The van der Waals surface area contributed by atoms with Crippen LogP contribution in [0.3, 0.4) is 0 Å². The average molecular weight is 333 g/mol. The summed E-state index contributed by atoms with van der Waals surface area (Å²) in [6, 6.07) is 13.8. The number of nitrogens with two attached hydrogens (primary N) is 1. The van der Waals surface area contributed by atoms with Crippen LogP contribution in [0.4, 0.5) is 5.69 Å². The fraction of sp³-hybridized carbons (Fsp3) is 0.188. The lowest BCUT2D eigenvalue weighted by Crippen LogP contribution is -2.29. The summed E-state index contributed by atoms with van der Waals surface area (Å²) in [7, 11) is -3.69. The molecule has 0 aliphatic carbocycles. The maximum absolute atomic E-state index is 11.8. The maximum atomic E-state index is 11.8. The van der Waals surface area contributed by atoms with Crippen LogP contribution in [0.15, 0.2) is 53.4 Å². The van der Waals surface area contributed by atoms with Gasteiger partial charge in [-0.2, -0.15) is 0 Å². The highest BCUT2D eigenvalue weighted by Gasteiger charge is 2.07. The summed E-state index contributed by atoms with van der Waals surface area (Å²) in [5.74, 6) is -0.152. The normalized spacial score (nSPS) is 11.0. The van der Waals surface area contributed by atoms with E-state index in [4.69, 9.17) is 5.14 Å². The molecule has 0 saturated carbocycles. The molecule has 0 radical (unpaired) electrons. The van der Waals surface area contributed by atoms with Crippen LogP contribution < -0.4 is 15.8 Å². The average Bonchev–Trinajstić information content (AvgIpc) is 2.52. The molecule has 0 heterocycles. The van der Waals surface area contributed by atoms with Crippen LogP contribution in [0.2, 0.25) is 0 Å². The van der Waals surface area contributed by atoms with Gasteiger partial charge in [-0.05, 0) is 36.8 Å². The van der Waals surface area contributed by atoms with E-state index in [0.717, 1.165) is 16.8 Å². The van der Waals surface area contributed by atoms with Crippen LogP contribution >= 0.6 is 0 Å². The van der Waals surface area contributed by atoms with Crippen molar-refractivity contribution in [2.45, 2.75) is 18.4 Å². The molecule has 2 aromatic rings. The number of anilines is 1. The van der Waals surface area contributed by atoms with E-state index in [-0.39, 0.29) is 17.3 Å². The molecule has 2 rings (SSSR count). The molecule has 23 heavy (non-hydrogen) atoms. The summed E-state index contributed by atoms with van der Waals surface area (Å²) < 4.78 is 22.3. The smallest absolute Gasteiger partial charge is 0.239 e. The van der Waals surface area contributed by atoms with Gasteiger partial charge in [-0.15, -0.1) is 0 Å². The molecule has 4 N–H and O–H groups in total. The predicted molar refractivity (Wildman–Crippen MR) is 89.3 cm³/mol. The largest absolute Gasteiger partial charge is 0.376 e. The zero-order chi connectivity index (χ0) is 16.9. The molecule has 0 atom stereocenters. The molecule has 0 saturated heterocycles. The molecule has 2 aromatic carbocycles. The van der Waals surface area contributed by atoms with Crippen molar-refractivity contribution in [1.29, 1.82) is 0 Å². The maximum Gasteiger partial charge on any atom is 0.239 e. The highest BCUT2D eigenvalue weighted by Crippen LogP contribution is 2.09. The number of sulfonamides is 1. The monoisotopic (exact) mass is 333 g/mol. The predicted octanol–water partition coefficient (Wildman–Crippen LogP) is 1.37. The number of aryl methyl sites for hydroxylation is 1. The van der Waals surface area contributed by atoms with Gasteiger partial charge in [-0.1, -0.05) is 29.8 Å². The van der Waals surface area contributed by atoms with Gasteiger partial charge in [0, 0.05) is 12.2 Å². The van der Waals surface area contributed by atoms with Crippen molar-refractivity contribution in [2.24, 2.45) is 5.14 Å². The lowest BCUT2D eigenvalue weighted by molar-refractivity contribution is -0.119. The highest BCUT2D eigenvalue weighted by atomic mass is 32.2. The molecule has 1 amide bonds. The minimum absolute atomic E-state index is 0.0496. The van der Waals surface area contributed by atoms with Crippen LogP contribution in [0.5, 0.6) is 0 Å². The number of rotatable bonds is 6. The van der Waals surface area contributed by atoms with Gasteiger partial charge in [0.25, 0.3) is 0 Å². The topological polar surface area (TPSA) is 101 Å². The standard InChI is InChI=1S/C16H19N3O3S/c1-12-2-6-14(7-3-12)18-11-16(20)19-10-13-4-8-15(9-5-13)23(17,21)22/h2-9,18H,10-11H2,1H3,(H,19,20)(H2,17,21,22). The Bertz CT molecular complexity index is 769. The van der Waals surface area contributed by atoms with Crippen molar-refractivity contribution in [3.63, 3.8) is 0 Å². The molecule has 6 nitrogen and oxygen atoms in total. The lowest BCUT2D eigenvalue weighted by Gasteiger charge is -2.08. The zero-order valence-electron chi connectivity index (χ0n) is 12.7. The first-order chi connectivity index (χ1) is 10.8. The van der Waals surface area contributed by atoms with Gasteiger partial charge in [0.2, 0.25) is 15.9 Å². The third-order valence-corrected chi connectivity index (χ3v) is 4.18. The van der Waals surface area contributed by atoms with E-state index in [1.165, 1.54) is 12.1 Å². The van der Waals surface area contributed by atoms with Crippen molar-refractivity contribution in [1.82, 2.24) is 5.32 Å². The number of hydrogen-bond donors (Lipinski definition) is 3. The molecule has 0 unspecified atom stereocenters. The number of primary sulfonamides is 1. The molecule has 122 valence electrons. The van der Waals surface area contributed by atoms with Crippen molar-refractivity contribution in [3.8, 4) is 0 Å². The second-order valence-electron chi connectivity index (χ2n) is 5.19. The third-order valence-electron chi connectivity index (χ3n) is 3.25. The second kappa shape index (κ2) is 7.26. The Morgan fingerprint density at radius 1 is 1.04 bits per heavy atom. The molecule has 0 aliphatic rings. The van der Waals surface area contributed by atoms with Gasteiger partial charge in [0.15, 0.2) is 0 Å². The molecular weight excluding hydrogens is 314 g/mol. The first-order valence-corrected chi connectivity index (χ1v) is 8.58. The third kappa shape index (κ3) is 5.39. The van der Waals surface area contributed by atoms with Crippen LogP contribution in [-0.2, 0) is 21.4 Å². The Labute approximate surface area is 135 Å². The molecule has 0 fully saturated rings. The van der Waals surface area contributed by atoms with E-state index < -0.39 is 10.0 Å². The van der Waals surface area contributed by atoms with Crippen LogP contribution in [0, 0.1) is 6.92 Å². The summed E-state index contributed by atoms with van der Waals surface area (Å²) in [6.45, 7) is 2.48. The summed E-state index contributed by atoms with van der Waals surface area (Å²) in [6.07, 6.45) is 0. The Morgan fingerprint density at radius 3 is 2.22 bits per heavy atom. The second-order valence-corrected chi connectivity index (χ2v) is 6.75. The number of carbonyl (C=O) groups excluding carboxylic acids is 1. The van der Waals surface area contributed by atoms with E-state index in [1.807, 2.05) is 31.2 Å². The van der Waals surface area contributed by atoms with E-state index in [2.05, 4.69) is 10.6 Å². The number of benzene rings is 2. The van der Waals surface area contributed by atoms with Crippen LogP contribution in [0.1, 0.15) is 11.1 Å². The SMILES string of the molecule is Cc1ccc(NCC(=O)NCc2ccc(S(N)(=O)=O)cc2)cc1. The van der Waals surface area contributed by atoms with Gasteiger partial charge in [0.1, 0.15) is 0 Å². The van der Waals surface area contributed by atoms with Crippen molar-refractivity contribution >= 4 is 21.6 Å². The molecular formula is C16H19N3O3S. The number of carbonyl (C=O) groups is 1. The first-order valence-electron chi connectivity index (χ1n) is 7.03. The van der Waals surface area contributed by atoms with Gasteiger partial charge < -0.3 is 10.6 Å². The van der Waals surface area contributed by atoms with Crippen molar-refractivity contribution in [3.05, 3.63) is 59.7 Å². The number of nitrogens with one attached hydrogen (secondary N) is 2. The quantitative estimate of drug-likeness (QED) is 0.743. The zero-order valence-corrected chi connectivity index (χ0v) is 13.6. The summed E-state index contributed by atoms with van der Waals surface area (Å²) >= 11 is 0. The number of amides is 1. The summed E-state index contributed by atoms with van der Waals surface area (Å²) in [4.78, 5) is 11.8. The van der Waals surface area contributed by atoms with Gasteiger partial charge in [0.05, 0.1) is 11.4 Å². The molecule has 0 bridgehead atoms. The van der Waals surface area contributed by atoms with E-state index in [1.54, 1.807) is 12.1 Å². The van der Waals surface area contributed by atoms with E-state index >= 15 is 0 Å². The molecule has 0 spiro atoms. The Morgan fingerprint density at radius 2 is 1.65 bits per heavy atom. The van der Waals surface area contributed by atoms with Crippen LogP contribution in [0.25, 0.3) is 0 Å². The molecule has 7 heteroatoms. The summed E-state index contributed by atoms with van der Waals surface area (Å²) in [5.41, 5.74) is 2.83. The first kappa shape index (κ1) is 17.0. The summed E-state index contributed by atoms with van der Waals surface area (Å²) in [5, 5.41) is 10.8. The molecule has 0 aliphatic heterocycles. The van der Waals surface area contributed by atoms with E-state index in [0.29, 0.717) is 6.54 Å². The minimum Gasteiger partial charge on any atom is -0.376 e. The Kier molecular flexibility index (Phi) is 5.36. The minimum atomic E-state index is -3.69. The Balaban J connectivity index is 1.81. The fourth-order valence-electron chi connectivity index (χ4n) is 1.91. The highest BCUT2D eigenvalue weighted by molar-refractivity contribution is 7.89. The van der Waals surface area contributed by atoms with Crippen molar-refractivity contribution < 1.29 is 13.2 Å².